The van der Waals surface area contributed by atoms with Crippen molar-refractivity contribution in [1.29, 1.82) is 0 Å². The van der Waals surface area contributed by atoms with Crippen LogP contribution in [-0.4, -0.2) is 18.9 Å². The van der Waals surface area contributed by atoms with Gasteiger partial charge in [-0.1, -0.05) is 0 Å². The molecule has 0 atom stereocenters. The van der Waals surface area contributed by atoms with Crippen molar-refractivity contribution in [2.24, 2.45) is 5.92 Å². The van der Waals surface area contributed by atoms with E-state index in [9.17, 15) is 4.79 Å². The average molecular weight is 215 g/mol. The molecule has 3 rings (SSSR count). The zero-order chi connectivity index (χ0) is 11.0. The lowest BCUT2D eigenvalue weighted by atomic mass is 10.1. The first kappa shape index (κ1) is 9.88. The number of Topliss-reactive ketones (excluding diaryl/α,β-unsaturated/α-hetero) is 1. The Labute approximate surface area is 96.3 Å². The highest BCUT2D eigenvalue weighted by Crippen LogP contribution is 2.33. The normalized spacial score (nSPS) is 20.1. The minimum atomic E-state index is 0.331. The van der Waals surface area contributed by atoms with Crippen molar-refractivity contribution in [3.8, 4) is 0 Å². The van der Waals surface area contributed by atoms with Crippen molar-refractivity contribution in [2.45, 2.75) is 25.7 Å². The van der Waals surface area contributed by atoms with Crippen molar-refractivity contribution < 1.29 is 4.79 Å². The summed E-state index contributed by atoms with van der Waals surface area (Å²) < 4.78 is 0. The van der Waals surface area contributed by atoms with E-state index in [-0.39, 0.29) is 0 Å². The standard InChI is InChI=1S/C14H17NO/c16-14(11-3-4-11)12-5-7-13(8-6-12)15-9-1-2-10-15/h5-8,11H,1-4,9-10H2. The Morgan fingerprint density at radius 1 is 1.06 bits per heavy atom. The maximum absolute atomic E-state index is 11.8. The molecule has 2 nitrogen and oxygen atoms in total. The van der Waals surface area contributed by atoms with Crippen LogP contribution in [0.15, 0.2) is 24.3 Å². The molecule has 1 saturated heterocycles. The van der Waals surface area contributed by atoms with Gasteiger partial charge < -0.3 is 4.90 Å². The molecule has 0 spiro atoms. The Hall–Kier alpha value is -1.31. The molecule has 0 amide bonds. The van der Waals surface area contributed by atoms with Crippen molar-refractivity contribution in [2.75, 3.05) is 18.0 Å². The Morgan fingerprint density at radius 2 is 1.69 bits per heavy atom. The maximum Gasteiger partial charge on any atom is 0.165 e. The lowest BCUT2D eigenvalue weighted by Gasteiger charge is -2.17. The molecule has 16 heavy (non-hydrogen) atoms. The van der Waals surface area contributed by atoms with Crippen LogP contribution in [0.3, 0.4) is 0 Å². The zero-order valence-electron chi connectivity index (χ0n) is 9.48. The van der Waals surface area contributed by atoms with Crippen LogP contribution in [0.2, 0.25) is 0 Å². The van der Waals surface area contributed by atoms with E-state index in [2.05, 4.69) is 17.0 Å². The fraction of sp³-hybridized carbons (Fsp3) is 0.500. The molecule has 84 valence electrons. The third kappa shape index (κ3) is 1.84. The summed E-state index contributed by atoms with van der Waals surface area (Å²) in [5, 5.41) is 0. The van der Waals surface area contributed by atoms with Crippen LogP contribution in [0, 0.1) is 5.92 Å². The molecule has 0 bridgehead atoms. The van der Waals surface area contributed by atoms with E-state index in [1.54, 1.807) is 0 Å². The van der Waals surface area contributed by atoms with E-state index >= 15 is 0 Å². The van der Waals surface area contributed by atoms with Crippen molar-refractivity contribution in [3.05, 3.63) is 29.8 Å². The predicted octanol–water partition coefficient (Wildman–Crippen LogP) is 2.88. The lowest BCUT2D eigenvalue weighted by molar-refractivity contribution is 0.0967. The van der Waals surface area contributed by atoms with E-state index < -0.39 is 0 Å². The highest BCUT2D eigenvalue weighted by Gasteiger charge is 2.30. The summed E-state index contributed by atoms with van der Waals surface area (Å²) in [6.45, 7) is 2.33. The first-order valence-corrected chi connectivity index (χ1v) is 6.24. The van der Waals surface area contributed by atoms with Gasteiger partial charge in [0.05, 0.1) is 0 Å². The molecule has 0 N–H and O–H groups in total. The number of carbonyl (C=O) groups excluding carboxylic acids is 1. The molecular weight excluding hydrogens is 198 g/mol. The minimum absolute atomic E-state index is 0.331. The summed E-state index contributed by atoms with van der Waals surface area (Å²) in [6.07, 6.45) is 4.77. The number of carbonyl (C=O) groups is 1. The van der Waals surface area contributed by atoms with Crippen LogP contribution in [0.5, 0.6) is 0 Å². The molecule has 0 radical (unpaired) electrons. The molecule has 1 aliphatic heterocycles. The van der Waals surface area contributed by atoms with Crippen molar-refractivity contribution in [1.82, 2.24) is 0 Å². The number of ketones is 1. The van der Waals surface area contributed by atoms with Crippen molar-refractivity contribution >= 4 is 11.5 Å². The molecule has 1 aromatic carbocycles. The van der Waals surface area contributed by atoms with E-state index in [1.165, 1.54) is 18.5 Å². The van der Waals surface area contributed by atoms with Crippen LogP contribution in [0.4, 0.5) is 5.69 Å². The van der Waals surface area contributed by atoms with Crippen LogP contribution in [0.1, 0.15) is 36.0 Å². The number of rotatable bonds is 3. The van der Waals surface area contributed by atoms with Crippen LogP contribution >= 0.6 is 0 Å². The Kier molecular flexibility index (Phi) is 2.43. The third-order valence-electron chi connectivity index (χ3n) is 3.57. The number of hydrogen-bond donors (Lipinski definition) is 0. The largest absolute Gasteiger partial charge is 0.372 e. The van der Waals surface area contributed by atoms with E-state index in [0.29, 0.717) is 11.7 Å². The maximum atomic E-state index is 11.8. The van der Waals surface area contributed by atoms with Crippen LogP contribution in [-0.2, 0) is 0 Å². The fourth-order valence-corrected chi connectivity index (χ4v) is 2.39. The number of nitrogens with zero attached hydrogens (tertiary/aromatic N) is 1. The first-order chi connectivity index (χ1) is 7.84. The number of benzene rings is 1. The van der Waals surface area contributed by atoms with E-state index in [0.717, 1.165) is 31.5 Å². The number of hydrogen-bond acceptors (Lipinski definition) is 2. The van der Waals surface area contributed by atoms with Gasteiger partial charge in [-0.15, -0.1) is 0 Å². The van der Waals surface area contributed by atoms with Gasteiger partial charge in [0.1, 0.15) is 0 Å². The molecular formula is C14H17NO. The van der Waals surface area contributed by atoms with Gasteiger partial charge in [-0.05, 0) is 49.9 Å². The molecule has 1 saturated carbocycles. The molecule has 0 aromatic heterocycles. The third-order valence-corrected chi connectivity index (χ3v) is 3.57. The van der Waals surface area contributed by atoms with Gasteiger partial charge in [0.25, 0.3) is 0 Å². The quantitative estimate of drug-likeness (QED) is 0.723. The summed E-state index contributed by atoms with van der Waals surface area (Å²) in [4.78, 5) is 14.2. The van der Waals surface area contributed by atoms with Gasteiger partial charge in [0, 0.05) is 30.3 Å². The summed E-state index contributed by atoms with van der Waals surface area (Å²) in [6, 6.07) is 8.18. The molecule has 1 heterocycles. The summed E-state index contributed by atoms with van der Waals surface area (Å²) >= 11 is 0. The first-order valence-electron chi connectivity index (χ1n) is 6.24. The average Bonchev–Trinajstić information content (AvgIpc) is 3.04. The zero-order valence-corrected chi connectivity index (χ0v) is 9.48. The second-order valence-electron chi connectivity index (χ2n) is 4.88. The van der Waals surface area contributed by atoms with Gasteiger partial charge in [-0.3, -0.25) is 4.79 Å². The highest BCUT2D eigenvalue weighted by molar-refractivity contribution is 5.99. The molecule has 2 fully saturated rings. The summed E-state index contributed by atoms with van der Waals surface area (Å²) in [5.41, 5.74) is 2.16. The van der Waals surface area contributed by atoms with Crippen LogP contribution < -0.4 is 4.90 Å². The monoisotopic (exact) mass is 215 g/mol. The van der Waals surface area contributed by atoms with Crippen LogP contribution in [0.25, 0.3) is 0 Å². The molecule has 0 unspecified atom stereocenters. The summed E-state index contributed by atoms with van der Waals surface area (Å²) in [5.74, 6) is 0.672. The summed E-state index contributed by atoms with van der Waals surface area (Å²) in [7, 11) is 0. The topological polar surface area (TPSA) is 20.3 Å². The van der Waals surface area contributed by atoms with Gasteiger partial charge >= 0.3 is 0 Å². The second kappa shape index (κ2) is 3.93. The molecule has 1 aromatic rings. The Morgan fingerprint density at radius 3 is 2.25 bits per heavy atom. The van der Waals surface area contributed by atoms with E-state index in [4.69, 9.17) is 0 Å². The smallest absolute Gasteiger partial charge is 0.165 e. The molecule has 2 heteroatoms. The highest BCUT2D eigenvalue weighted by atomic mass is 16.1. The Bertz CT molecular complexity index is 386. The van der Waals surface area contributed by atoms with E-state index in [1.807, 2.05) is 12.1 Å². The minimum Gasteiger partial charge on any atom is -0.372 e. The van der Waals surface area contributed by atoms with Gasteiger partial charge in [-0.25, -0.2) is 0 Å². The SMILES string of the molecule is O=C(c1ccc(N2CCCC2)cc1)C1CC1. The van der Waals surface area contributed by atoms with Crippen molar-refractivity contribution in [3.63, 3.8) is 0 Å². The fourth-order valence-electron chi connectivity index (χ4n) is 2.39. The predicted molar refractivity (Wildman–Crippen MR) is 64.9 cm³/mol. The van der Waals surface area contributed by atoms with Gasteiger partial charge in [0.2, 0.25) is 0 Å². The molecule has 1 aliphatic carbocycles. The second-order valence-corrected chi connectivity index (χ2v) is 4.88. The van der Waals surface area contributed by atoms with Gasteiger partial charge in [-0.2, -0.15) is 0 Å². The Balaban J connectivity index is 1.75. The van der Waals surface area contributed by atoms with Gasteiger partial charge in [0.15, 0.2) is 5.78 Å². The molecule has 2 aliphatic rings. The number of anilines is 1. The lowest BCUT2D eigenvalue weighted by Crippen LogP contribution is -2.17.